The van der Waals surface area contributed by atoms with Gasteiger partial charge in [-0.1, -0.05) is 32.0 Å². The smallest absolute Gasteiger partial charge is 0.126 e. The standard InChI is InChI=1S/C15H22FN/c1-12(2)10-17-11-15(7-8-15)9-13-5-3-4-6-14(13)16/h3-6,12,17H,7-11H2,1-2H3. The zero-order valence-corrected chi connectivity index (χ0v) is 10.8. The van der Waals surface area contributed by atoms with Crippen molar-refractivity contribution in [2.45, 2.75) is 33.1 Å². The molecule has 2 heteroatoms. The molecule has 1 aliphatic carbocycles. The van der Waals surface area contributed by atoms with E-state index in [9.17, 15) is 4.39 Å². The van der Waals surface area contributed by atoms with E-state index >= 15 is 0 Å². The number of hydrogen-bond donors (Lipinski definition) is 1. The summed E-state index contributed by atoms with van der Waals surface area (Å²) in [7, 11) is 0. The van der Waals surface area contributed by atoms with Crippen LogP contribution in [0.4, 0.5) is 4.39 Å². The van der Waals surface area contributed by atoms with Crippen LogP contribution in [0.1, 0.15) is 32.3 Å². The molecule has 0 heterocycles. The van der Waals surface area contributed by atoms with E-state index in [1.165, 1.54) is 12.8 Å². The highest BCUT2D eigenvalue weighted by atomic mass is 19.1. The molecule has 1 aromatic rings. The summed E-state index contributed by atoms with van der Waals surface area (Å²) in [4.78, 5) is 0. The normalized spacial score (nSPS) is 17.4. The first-order valence-corrected chi connectivity index (χ1v) is 6.55. The molecule has 0 spiro atoms. The highest BCUT2D eigenvalue weighted by Gasteiger charge is 2.42. The van der Waals surface area contributed by atoms with E-state index in [1.54, 1.807) is 12.1 Å². The maximum atomic E-state index is 13.6. The lowest BCUT2D eigenvalue weighted by atomic mass is 9.96. The number of hydrogen-bond acceptors (Lipinski definition) is 1. The van der Waals surface area contributed by atoms with Gasteiger partial charge in [0.05, 0.1) is 0 Å². The third-order valence-corrected chi connectivity index (χ3v) is 3.53. The zero-order chi connectivity index (χ0) is 12.3. The Morgan fingerprint density at radius 3 is 2.59 bits per heavy atom. The van der Waals surface area contributed by atoms with Crippen LogP contribution in [0.3, 0.4) is 0 Å². The van der Waals surface area contributed by atoms with Crippen LogP contribution >= 0.6 is 0 Å². The van der Waals surface area contributed by atoms with Gasteiger partial charge in [0.1, 0.15) is 5.82 Å². The van der Waals surface area contributed by atoms with Gasteiger partial charge >= 0.3 is 0 Å². The fourth-order valence-corrected chi connectivity index (χ4v) is 2.26. The Bertz CT molecular complexity index is 369. The van der Waals surface area contributed by atoms with Crippen LogP contribution < -0.4 is 5.32 Å². The lowest BCUT2D eigenvalue weighted by Crippen LogP contribution is -2.28. The SMILES string of the molecule is CC(C)CNCC1(Cc2ccccc2F)CC1. The van der Waals surface area contributed by atoms with E-state index in [0.29, 0.717) is 11.3 Å². The van der Waals surface area contributed by atoms with Crippen molar-refractivity contribution >= 4 is 0 Å². The Labute approximate surface area is 103 Å². The maximum Gasteiger partial charge on any atom is 0.126 e. The summed E-state index contributed by atoms with van der Waals surface area (Å²) in [5.74, 6) is 0.627. The number of halogens is 1. The van der Waals surface area contributed by atoms with Gasteiger partial charge in [0.2, 0.25) is 0 Å². The van der Waals surface area contributed by atoms with Crippen molar-refractivity contribution in [3.63, 3.8) is 0 Å². The van der Waals surface area contributed by atoms with Crippen LogP contribution in [-0.4, -0.2) is 13.1 Å². The minimum atomic E-state index is -0.0531. The quantitative estimate of drug-likeness (QED) is 0.797. The molecule has 0 saturated heterocycles. The van der Waals surface area contributed by atoms with Crippen LogP contribution in [0.5, 0.6) is 0 Å². The first kappa shape index (κ1) is 12.6. The van der Waals surface area contributed by atoms with Gasteiger partial charge in [-0.3, -0.25) is 0 Å². The van der Waals surface area contributed by atoms with Gasteiger partial charge in [-0.25, -0.2) is 4.39 Å². The molecular weight excluding hydrogens is 213 g/mol. The molecule has 0 amide bonds. The Kier molecular flexibility index (Phi) is 3.82. The summed E-state index contributed by atoms with van der Waals surface area (Å²) in [6.45, 7) is 6.51. The van der Waals surface area contributed by atoms with E-state index < -0.39 is 0 Å². The molecule has 1 fully saturated rings. The highest BCUT2D eigenvalue weighted by Crippen LogP contribution is 2.48. The lowest BCUT2D eigenvalue weighted by molar-refractivity contribution is 0.425. The van der Waals surface area contributed by atoms with Crippen molar-refractivity contribution in [1.82, 2.24) is 5.32 Å². The summed E-state index contributed by atoms with van der Waals surface area (Å²) in [5, 5.41) is 3.50. The molecule has 1 aliphatic rings. The molecule has 0 bridgehead atoms. The largest absolute Gasteiger partial charge is 0.316 e. The molecule has 1 saturated carbocycles. The van der Waals surface area contributed by atoms with Gasteiger partial charge in [0.15, 0.2) is 0 Å². The molecule has 0 atom stereocenters. The second kappa shape index (κ2) is 5.18. The van der Waals surface area contributed by atoms with Gasteiger partial charge in [-0.15, -0.1) is 0 Å². The highest BCUT2D eigenvalue weighted by molar-refractivity contribution is 5.21. The van der Waals surface area contributed by atoms with Crippen molar-refractivity contribution in [1.29, 1.82) is 0 Å². The lowest BCUT2D eigenvalue weighted by Gasteiger charge is -2.17. The Balaban J connectivity index is 1.88. The van der Waals surface area contributed by atoms with Crippen LogP contribution in [0.15, 0.2) is 24.3 Å². The van der Waals surface area contributed by atoms with Crippen molar-refractivity contribution in [2.24, 2.45) is 11.3 Å². The van der Waals surface area contributed by atoms with Gasteiger partial charge < -0.3 is 5.32 Å². The number of rotatable bonds is 6. The van der Waals surface area contributed by atoms with E-state index in [0.717, 1.165) is 25.1 Å². The van der Waals surface area contributed by atoms with E-state index in [-0.39, 0.29) is 5.82 Å². The predicted octanol–water partition coefficient (Wildman–Crippen LogP) is 3.39. The maximum absolute atomic E-state index is 13.6. The number of benzene rings is 1. The topological polar surface area (TPSA) is 12.0 Å². The minimum absolute atomic E-state index is 0.0531. The van der Waals surface area contributed by atoms with Crippen molar-refractivity contribution in [3.8, 4) is 0 Å². The molecular formula is C15H22FN. The van der Waals surface area contributed by atoms with Gasteiger partial charge in [-0.2, -0.15) is 0 Å². The van der Waals surface area contributed by atoms with Crippen LogP contribution in [0.25, 0.3) is 0 Å². The first-order chi connectivity index (χ1) is 8.11. The zero-order valence-electron chi connectivity index (χ0n) is 10.8. The van der Waals surface area contributed by atoms with Gasteiger partial charge in [0.25, 0.3) is 0 Å². The monoisotopic (exact) mass is 235 g/mol. The third kappa shape index (κ3) is 3.53. The van der Waals surface area contributed by atoms with Crippen LogP contribution in [0, 0.1) is 17.2 Å². The van der Waals surface area contributed by atoms with E-state index in [2.05, 4.69) is 19.2 Å². The van der Waals surface area contributed by atoms with Gasteiger partial charge in [0, 0.05) is 6.54 Å². The molecule has 2 rings (SSSR count). The second-order valence-electron chi connectivity index (χ2n) is 5.79. The average Bonchev–Trinajstić information content (AvgIpc) is 3.01. The first-order valence-electron chi connectivity index (χ1n) is 6.55. The summed E-state index contributed by atoms with van der Waals surface area (Å²) in [5.41, 5.74) is 1.20. The minimum Gasteiger partial charge on any atom is -0.316 e. The summed E-state index contributed by atoms with van der Waals surface area (Å²) < 4.78 is 13.6. The van der Waals surface area contributed by atoms with Crippen LogP contribution in [-0.2, 0) is 6.42 Å². The summed E-state index contributed by atoms with van der Waals surface area (Å²) in [6.07, 6.45) is 3.34. The molecule has 0 unspecified atom stereocenters. The van der Waals surface area contributed by atoms with Crippen molar-refractivity contribution < 1.29 is 4.39 Å². The molecule has 0 aromatic heterocycles. The summed E-state index contributed by atoms with van der Waals surface area (Å²) in [6, 6.07) is 7.16. The Morgan fingerprint density at radius 1 is 1.29 bits per heavy atom. The Hall–Kier alpha value is -0.890. The molecule has 94 valence electrons. The number of nitrogens with one attached hydrogen (secondary N) is 1. The second-order valence-corrected chi connectivity index (χ2v) is 5.79. The fraction of sp³-hybridized carbons (Fsp3) is 0.600. The molecule has 1 N–H and O–H groups in total. The third-order valence-electron chi connectivity index (χ3n) is 3.53. The Morgan fingerprint density at radius 2 is 2.00 bits per heavy atom. The molecule has 0 radical (unpaired) electrons. The molecule has 1 aromatic carbocycles. The fourth-order valence-electron chi connectivity index (χ4n) is 2.26. The molecule has 17 heavy (non-hydrogen) atoms. The molecule has 1 nitrogen and oxygen atoms in total. The van der Waals surface area contributed by atoms with Gasteiger partial charge in [-0.05, 0) is 48.8 Å². The molecule has 0 aliphatic heterocycles. The van der Waals surface area contributed by atoms with E-state index in [1.807, 2.05) is 12.1 Å². The van der Waals surface area contributed by atoms with Crippen molar-refractivity contribution in [3.05, 3.63) is 35.6 Å². The van der Waals surface area contributed by atoms with E-state index in [4.69, 9.17) is 0 Å². The average molecular weight is 235 g/mol. The summed E-state index contributed by atoms with van der Waals surface area (Å²) >= 11 is 0. The van der Waals surface area contributed by atoms with Crippen LogP contribution in [0.2, 0.25) is 0 Å². The predicted molar refractivity (Wildman–Crippen MR) is 69.5 cm³/mol. The van der Waals surface area contributed by atoms with Crippen molar-refractivity contribution in [2.75, 3.05) is 13.1 Å².